The Morgan fingerprint density at radius 2 is 2.12 bits per heavy atom. The average molecular weight is 233 g/mol. The molecule has 0 saturated heterocycles. The van der Waals surface area contributed by atoms with E-state index >= 15 is 0 Å². The van der Waals surface area contributed by atoms with Crippen molar-refractivity contribution in [3.05, 3.63) is 23.8 Å². The van der Waals surface area contributed by atoms with E-state index in [1.165, 1.54) is 5.57 Å². The van der Waals surface area contributed by atoms with Gasteiger partial charge in [0.2, 0.25) is 0 Å². The van der Waals surface area contributed by atoms with Crippen LogP contribution in [0.1, 0.15) is 41.0 Å². The fraction of sp³-hybridized carbons (Fsp3) is 0.643. The number of nitrogens with zero attached hydrogens (tertiary/aromatic N) is 1. The highest BCUT2D eigenvalue weighted by atomic mass is 28.2. The second kappa shape index (κ2) is 4.59. The van der Waals surface area contributed by atoms with Crippen LogP contribution in [0.25, 0.3) is 0 Å². The lowest BCUT2D eigenvalue weighted by molar-refractivity contribution is 0.431. The predicted molar refractivity (Wildman–Crippen MR) is 73.2 cm³/mol. The Balaban J connectivity index is 2.83. The molecule has 0 heterocycles. The van der Waals surface area contributed by atoms with Crippen LogP contribution in [0.3, 0.4) is 0 Å². The zero-order valence-electron chi connectivity index (χ0n) is 11.2. The van der Waals surface area contributed by atoms with E-state index in [0.29, 0.717) is 5.04 Å². The summed E-state index contributed by atoms with van der Waals surface area (Å²) >= 11 is 0. The van der Waals surface area contributed by atoms with E-state index in [-0.39, 0.29) is 11.0 Å². The molecule has 0 radical (unpaired) electrons. The molecule has 2 atom stereocenters. The fourth-order valence-corrected chi connectivity index (χ4v) is 4.22. The van der Waals surface area contributed by atoms with Gasteiger partial charge in [-0.15, -0.1) is 0 Å². The summed E-state index contributed by atoms with van der Waals surface area (Å²) in [6, 6.07) is 2.56. The van der Waals surface area contributed by atoms with Gasteiger partial charge in [-0.2, -0.15) is 5.26 Å². The molecule has 0 fully saturated rings. The molecule has 88 valence electrons. The molecule has 0 aliphatic heterocycles. The van der Waals surface area contributed by atoms with E-state index < -0.39 is 9.52 Å². The van der Waals surface area contributed by atoms with Gasteiger partial charge in [-0.05, 0) is 18.4 Å². The third-order valence-corrected chi connectivity index (χ3v) is 6.11. The maximum atomic E-state index is 9.40. The first-order valence-corrected chi connectivity index (χ1v) is 7.55. The highest BCUT2D eigenvalue weighted by Gasteiger charge is 2.35. The first-order chi connectivity index (χ1) is 7.27. The van der Waals surface area contributed by atoms with E-state index in [2.05, 4.69) is 58.9 Å². The predicted octanol–water partition coefficient (Wildman–Crippen LogP) is 3.60. The molecular weight excluding hydrogens is 210 g/mol. The molecule has 1 aliphatic rings. The first kappa shape index (κ1) is 13.3. The Hall–Kier alpha value is -0.813. The zero-order chi connectivity index (χ0) is 12.4. The summed E-state index contributed by atoms with van der Waals surface area (Å²) in [7, 11) is -0.396. The molecule has 0 spiro atoms. The van der Waals surface area contributed by atoms with E-state index in [9.17, 15) is 5.26 Å². The van der Waals surface area contributed by atoms with Crippen molar-refractivity contribution >= 4 is 9.52 Å². The van der Waals surface area contributed by atoms with Gasteiger partial charge in [0.1, 0.15) is 0 Å². The summed E-state index contributed by atoms with van der Waals surface area (Å²) in [6.45, 7) is 11.2. The fourth-order valence-electron chi connectivity index (χ4n) is 2.14. The monoisotopic (exact) mass is 233 g/mol. The SMILES string of the molecule is CC1=CCC(C)(C(C#N)[SiH2]C(C)(C)C)C=C1. The minimum Gasteiger partial charge on any atom is -0.198 e. The molecule has 2 unspecified atom stereocenters. The Morgan fingerprint density at radius 3 is 2.50 bits per heavy atom. The Morgan fingerprint density at radius 1 is 1.50 bits per heavy atom. The molecule has 1 rings (SSSR count). The number of hydrogen-bond acceptors (Lipinski definition) is 1. The highest BCUT2D eigenvalue weighted by molar-refractivity contribution is 6.43. The van der Waals surface area contributed by atoms with Crippen LogP contribution < -0.4 is 0 Å². The minimum absolute atomic E-state index is 0.0771. The molecule has 0 amide bonds. The van der Waals surface area contributed by atoms with Gasteiger partial charge in [-0.3, -0.25) is 0 Å². The van der Waals surface area contributed by atoms with Crippen molar-refractivity contribution < 1.29 is 0 Å². The molecule has 1 aliphatic carbocycles. The molecule has 0 N–H and O–H groups in total. The third-order valence-electron chi connectivity index (χ3n) is 3.36. The second-order valence-corrected chi connectivity index (χ2v) is 9.78. The summed E-state index contributed by atoms with van der Waals surface area (Å²) in [5.41, 5.74) is 1.65. The van der Waals surface area contributed by atoms with Gasteiger partial charge in [0.05, 0.1) is 6.07 Å². The van der Waals surface area contributed by atoms with Gasteiger partial charge in [0.25, 0.3) is 0 Å². The third kappa shape index (κ3) is 3.35. The van der Waals surface area contributed by atoms with Crippen molar-refractivity contribution in [1.82, 2.24) is 0 Å². The van der Waals surface area contributed by atoms with Gasteiger partial charge in [-0.1, -0.05) is 51.5 Å². The molecule has 0 aromatic rings. The van der Waals surface area contributed by atoms with Crippen LogP contribution in [0, 0.1) is 16.7 Å². The quantitative estimate of drug-likeness (QED) is 0.669. The largest absolute Gasteiger partial charge is 0.198 e. The topological polar surface area (TPSA) is 23.8 Å². The van der Waals surface area contributed by atoms with Crippen molar-refractivity contribution in [2.45, 2.75) is 51.6 Å². The van der Waals surface area contributed by atoms with Crippen LogP contribution in [-0.2, 0) is 0 Å². The van der Waals surface area contributed by atoms with Crippen LogP contribution in [0.2, 0.25) is 10.6 Å². The number of hydrogen-bond donors (Lipinski definition) is 0. The standard InChI is InChI=1S/C14H23NSi/c1-11-6-8-14(5,9-7-11)12(10-15)16-13(2,3)4/h6-8,12H,9,16H2,1-5H3. The van der Waals surface area contributed by atoms with E-state index in [4.69, 9.17) is 0 Å². The van der Waals surface area contributed by atoms with Crippen LogP contribution in [-0.4, -0.2) is 9.52 Å². The van der Waals surface area contributed by atoms with Crippen molar-refractivity contribution in [1.29, 1.82) is 5.26 Å². The van der Waals surface area contributed by atoms with Gasteiger partial charge >= 0.3 is 0 Å². The van der Waals surface area contributed by atoms with E-state index in [1.807, 2.05) is 0 Å². The number of nitriles is 1. The molecule has 0 aromatic heterocycles. The molecule has 2 heteroatoms. The lowest BCUT2D eigenvalue weighted by Crippen LogP contribution is -2.29. The van der Waals surface area contributed by atoms with Crippen molar-refractivity contribution in [2.24, 2.45) is 5.41 Å². The minimum atomic E-state index is -0.396. The highest BCUT2D eigenvalue weighted by Crippen LogP contribution is 2.43. The van der Waals surface area contributed by atoms with Gasteiger partial charge in [-0.25, -0.2) is 0 Å². The normalized spacial score (nSPS) is 27.9. The smallest absolute Gasteiger partial charge is 0.0626 e. The zero-order valence-corrected chi connectivity index (χ0v) is 12.6. The molecular formula is C14H23NSi. The van der Waals surface area contributed by atoms with Crippen LogP contribution in [0.15, 0.2) is 23.8 Å². The maximum Gasteiger partial charge on any atom is 0.0626 e. The Bertz CT molecular complexity index is 354. The van der Waals surface area contributed by atoms with E-state index in [0.717, 1.165) is 6.42 Å². The van der Waals surface area contributed by atoms with Crippen LogP contribution in [0.5, 0.6) is 0 Å². The van der Waals surface area contributed by atoms with Crippen molar-refractivity contribution in [3.63, 3.8) is 0 Å². The average Bonchev–Trinajstić information content (AvgIpc) is 2.18. The second-order valence-electron chi connectivity index (χ2n) is 6.44. The number of allylic oxidation sites excluding steroid dienone is 4. The van der Waals surface area contributed by atoms with Gasteiger partial charge in [0.15, 0.2) is 0 Å². The summed E-state index contributed by atoms with van der Waals surface area (Å²) in [5.74, 6) is 0. The number of rotatable bonds is 2. The van der Waals surface area contributed by atoms with Gasteiger partial charge < -0.3 is 0 Å². The summed E-state index contributed by atoms with van der Waals surface area (Å²) in [6.07, 6.45) is 7.72. The molecule has 1 nitrogen and oxygen atoms in total. The Kier molecular flexibility index (Phi) is 3.80. The van der Waals surface area contributed by atoms with E-state index in [1.54, 1.807) is 0 Å². The Labute approximate surface area is 102 Å². The molecule has 0 bridgehead atoms. The van der Waals surface area contributed by atoms with Crippen LogP contribution in [0.4, 0.5) is 0 Å². The molecule has 16 heavy (non-hydrogen) atoms. The summed E-state index contributed by atoms with van der Waals surface area (Å²) in [5, 5.41) is 9.76. The molecule has 0 aromatic carbocycles. The first-order valence-electron chi connectivity index (χ1n) is 6.02. The summed E-state index contributed by atoms with van der Waals surface area (Å²) < 4.78 is 0. The van der Waals surface area contributed by atoms with Crippen LogP contribution >= 0.6 is 0 Å². The summed E-state index contributed by atoms with van der Waals surface area (Å²) in [4.78, 5) is 0. The maximum absolute atomic E-state index is 9.40. The van der Waals surface area contributed by atoms with Gasteiger partial charge in [0, 0.05) is 20.5 Å². The molecule has 0 saturated carbocycles. The van der Waals surface area contributed by atoms with Crippen molar-refractivity contribution in [3.8, 4) is 6.07 Å². The lowest BCUT2D eigenvalue weighted by atomic mass is 9.79. The lowest BCUT2D eigenvalue weighted by Gasteiger charge is -2.35. The van der Waals surface area contributed by atoms with Crippen molar-refractivity contribution in [2.75, 3.05) is 0 Å².